The molecule has 0 fully saturated rings. The second-order valence-electron chi connectivity index (χ2n) is 4.45. The molecule has 2 rings (SSSR count). The van der Waals surface area contributed by atoms with E-state index in [4.69, 9.17) is 0 Å². The summed E-state index contributed by atoms with van der Waals surface area (Å²) in [7, 11) is 0. The first-order chi connectivity index (χ1) is 10.8. The molecule has 0 aliphatic heterocycles. The van der Waals surface area contributed by atoms with Crippen LogP contribution in [0, 0.1) is 0 Å². The van der Waals surface area contributed by atoms with Crippen LogP contribution >= 0.6 is 0 Å². The first-order valence-electron chi connectivity index (χ1n) is 6.41. The fraction of sp³-hybridized carbons (Fsp3) is 0.143. The zero-order chi connectivity index (χ0) is 16.9. The Morgan fingerprint density at radius 1 is 1.09 bits per heavy atom. The summed E-state index contributed by atoms with van der Waals surface area (Å²) in [6.07, 6.45) is -3.32. The number of nitrogens with one attached hydrogen (secondary N) is 3. The predicted octanol–water partition coefficient (Wildman–Crippen LogP) is 1.92. The van der Waals surface area contributed by atoms with Crippen molar-refractivity contribution >= 4 is 11.8 Å². The molecule has 122 valence electrons. The summed E-state index contributed by atoms with van der Waals surface area (Å²) in [5.74, 6) is -1.41. The van der Waals surface area contributed by atoms with Crippen LogP contribution in [0.4, 0.5) is 13.2 Å². The van der Waals surface area contributed by atoms with Gasteiger partial charge in [-0.3, -0.25) is 20.4 Å². The number of carbonyl (C=O) groups excluding carboxylic acids is 2. The van der Waals surface area contributed by atoms with E-state index in [2.05, 4.69) is 20.6 Å². The van der Waals surface area contributed by atoms with E-state index < -0.39 is 18.2 Å². The molecule has 0 aliphatic rings. The first kappa shape index (κ1) is 16.4. The molecule has 0 atom stereocenters. The van der Waals surface area contributed by atoms with E-state index in [1.54, 1.807) is 12.3 Å². The molecule has 23 heavy (non-hydrogen) atoms. The van der Waals surface area contributed by atoms with Crippen molar-refractivity contribution in [2.45, 2.75) is 12.8 Å². The normalized spacial score (nSPS) is 10.9. The second-order valence-corrected chi connectivity index (χ2v) is 4.45. The molecular formula is C14H12F3N3O3. The van der Waals surface area contributed by atoms with Crippen LogP contribution in [0.15, 0.2) is 42.6 Å². The maximum Gasteiger partial charge on any atom is 0.573 e. The summed E-state index contributed by atoms with van der Waals surface area (Å²) < 4.78 is 39.8. The number of hydrazine groups is 1. The molecule has 2 amide bonds. The van der Waals surface area contributed by atoms with Gasteiger partial charge in [0.2, 0.25) is 5.91 Å². The number of H-pyrrole nitrogens is 1. The third kappa shape index (κ3) is 5.38. The molecule has 0 saturated carbocycles. The maximum absolute atomic E-state index is 12.0. The van der Waals surface area contributed by atoms with Gasteiger partial charge in [-0.1, -0.05) is 12.1 Å². The van der Waals surface area contributed by atoms with Gasteiger partial charge < -0.3 is 9.72 Å². The van der Waals surface area contributed by atoms with Crippen LogP contribution in [0.25, 0.3) is 0 Å². The van der Waals surface area contributed by atoms with Crippen LogP contribution < -0.4 is 15.6 Å². The van der Waals surface area contributed by atoms with Crippen LogP contribution in [-0.4, -0.2) is 23.2 Å². The minimum atomic E-state index is -4.76. The molecule has 1 aromatic heterocycles. The number of alkyl halides is 3. The zero-order valence-electron chi connectivity index (χ0n) is 11.6. The van der Waals surface area contributed by atoms with E-state index in [1.807, 2.05) is 0 Å². The van der Waals surface area contributed by atoms with Gasteiger partial charge in [-0.05, 0) is 29.8 Å². The van der Waals surface area contributed by atoms with Crippen molar-refractivity contribution in [1.29, 1.82) is 0 Å². The molecule has 1 aromatic carbocycles. The molecule has 1 heterocycles. The van der Waals surface area contributed by atoms with Gasteiger partial charge in [0, 0.05) is 6.20 Å². The largest absolute Gasteiger partial charge is 0.573 e. The summed E-state index contributed by atoms with van der Waals surface area (Å²) in [6.45, 7) is 0. The van der Waals surface area contributed by atoms with E-state index in [9.17, 15) is 22.8 Å². The molecule has 0 spiro atoms. The molecule has 0 aliphatic carbocycles. The van der Waals surface area contributed by atoms with Crippen molar-refractivity contribution in [1.82, 2.24) is 15.8 Å². The third-order valence-corrected chi connectivity index (χ3v) is 2.68. The van der Waals surface area contributed by atoms with Gasteiger partial charge in [-0.15, -0.1) is 13.2 Å². The fourth-order valence-electron chi connectivity index (χ4n) is 1.70. The van der Waals surface area contributed by atoms with Gasteiger partial charge in [-0.2, -0.15) is 0 Å². The van der Waals surface area contributed by atoms with Gasteiger partial charge in [0.15, 0.2) is 0 Å². The molecule has 2 aromatic rings. The Balaban J connectivity index is 1.82. The van der Waals surface area contributed by atoms with Gasteiger partial charge in [0.1, 0.15) is 11.4 Å². The summed E-state index contributed by atoms with van der Waals surface area (Å²) >= 11 is 0. The Bertz CT molecular complexity index is 667. The standard InChI is InChI=1S/C14H12F3N3O3/c15-14(16,17)23-10-5-3-9(4-6-10)8-12(21)19-20-13(22)11-2-1-7-18-11/h1-7,18H,8H2,(H,19,21)(H,20,22). The predicted molar refractivity (Wildman–Crippen MR) is 73.2 cm³/mol. The van der Waals surface area contributed by atoms with Crippen LogP contribution in [0.2, 0.25) is 0 Å². The van der Waals surface area contributed by atoms with Crippen molar-refractivity contribution in [2.24, 2.45) is 0 Å². The second kappa shape index (κ2) is 6.86. The molecule has 0 saturated heterocycles. The highest BCUT2D eigenvalue weighted by atomic mass is 19.4. The molecule has 9 heteroatoms. The fourth-order valence-corrected chi connectivity index (χ4v) is 1.70. The third-order valence-electron chi connectivity index (χ3n) is 2.68. The van der Waals surface area contributed by atoms with Gasteiger partial charge >= 0.3 is 6.36 Å². The minimum Gasteiger partial charge on any atom is -0.406 e. The van der Waals surface area contributed by atoms with Crippen molar-refractivity contribution in [3.05, 3.63) is 53.9 Å². The Kier molecular flexibility index (Phi) is 4.89. The number of benzene rings is 1. The van der Waals surface area contributed by atoms with E-state index in [0.717, 1.165) is 12.1 Å². The van der Waals surface area contributed by atoms with Crippen molar-refractivity contribution in [3.63, 3.8) is 0 Å². The van der Waals surface area contributed by atoms with Crippen LogP contribution in [0.1, 0.15) is 16.1 Å². The minimum absolute atomic E-state index is 0.114. The summed E-state index contributed by atoms with van der Waals surface area (Å²) in [5.41, 5.74) is 5.15. The number of hydrogen-bond acceptors (Lipinski definition) is 3. The first-order valence-corrected chi connectivity index (χ1v) is 6.41. The van der Waals surface area contributed by atoms with Crippen molar-refractivity contribution < 1.29 is 27.5 Å². The highest BCUT2D eigenvalue weighted by Gasteiger charge is 2.30. The summed E-state index contributed by atoms with van der Waals surface area (Å²) in [6, 6.07) is 8.02. The number of carbonyl (C=O) groups is 2. The molecule has 6 nitrogen and oxygen atoms in total. The maximum atomic E-state index is 12.0. The zero-order valence-corrected chi connectivity index (χ0v) is 11.6. The van der Waals surface area contributed by atoms with Crippen molar-refractivity contribution in [2.75, 3.05) is 0 Å². The van der Waals surface area contributed by atoms with E-state index in [0.29, 0.717) is 5.56 Å². The number of rotatable bonds is 4. The van der Waals surface area contributed by atoms with Crippen LogP contribution in [0.5, 0.6) is 5.75 Å². The van der Waals surface area contributed by atoms with Crippen molar-refractivity contribution in [3.8, 4) is 5.75 Å². The van der Waals surface area contributed by atoms with Crippen LogP contribution in [0.3, 0.4) is 0 Å². The highest BCUT2D eigenvalue weighted by molar-refractivity contribution is 5.93. The summed E-state index contributed by atoms with van der Waals surface area (Å²) in [5, 5.41) is 0. The molecular weight excluding hydrogens is 315 g/mol. The molecule has 0 unspecified atom stereocenters. The number of halogens is 3. The lowest BCUT2D eigenvalue weighted by Crippen LogP contribution is -2.42. The number of aromatic amines is 1. The number of hydrogen-bond donors (Lipinski definition) is 3. The Morgan fingerprint density at radius 3 is 2.35 bits per heavy atom. The van der Waals surface area contributed by atoms with Gasteiger partial charge in [-0.25, -0.2) is 0 Å². The smallest absolute Gasteiger partial charge is 0.406 e. The average molecular weight is 327 g/mol. The Labute approximate surface area is 128 Å². The lowest BCUT2D eigenvalue weighted by molar-refractivity contribution is -0.274. The lowest BCUT2D eigenvalue weighted by atomic mass is 10.1. The van der Waals surface area contributed by atoms with E-state index >= 15 is 0 Å². The highest BCUT2D eigenvalue weighted by Crippen LogP contribution is 2.22. The number of ether oxygens (including phenoxy) is 1. The molecule has 0 radical (unpaired) electrons. The Hall–Kier alpha value is -2.97. The monoisotopic (exact) mass is 327 g/mol. The van der Waals surface area contributed by atoms with Gasteiger partial charge in [0.05, 0.1) is 6.42 Å². The van der Waals surface area contributed by atoms with Crippen LogP contribution in [-0.2, 0) is 11.2 Å². The number of aromatic nitrogens is 1. The lowest BCUT2D eigenvalue weighted by Gasteiger charge is -2.09. The van der Waals surface area contributed by atoms with Gasteiger partial charge in [0.25, 0.3) is 5.91 Å². The molecule has 0 bridgehead atoms. The average Bonchev–Trinajstić information content (AvgIpc) is 2.99. The van der Waals surface area contributed by atoms with E-state index in [-0.39, 0.29) is 17.9 Å². The number of amides is 2. The Morgan fingerprint density at radius 2 is 1.78 bits per heavy atom. The molecule has 3 N–H and O–H groups in total. The quantitative estimate of drug-likeness (QED) is 0.750. The SMILES string of the molecule is O=C(Cc1ccc(OC(F)(F)F)cc1)NNC(=O)c1ccc[nH]1. The summed E-state index contributed by atoms with van der Waals surface area (Å²) in [4.78, 5) is 25.9. The topological polar surface area (TPSA) is 83.2 Å². The van der Waals surface area contributed by atoms with E-state index in [1.165, 1.54) is 18.2 Å².